The molecule has 174 valence electrons. The summed E-state index contributed by atoms with van der Waals surface area (Å²) in [6, 6.07) is 0. The summed E-state index contributed by atoms with van der Waals surface area (Å²) in [7, 11) is 0. The summed E-state index contributed by atoms with van der Waals surface area (Å²) >= 11 is 0. The highest BCUT2D eigenvalue weighted by Gasteiger charge is 2.20. The lowest BCUT2D eigenvalue weighted by Gasteiger charge is -2.21. The van der Waals surface area contributed by atoms with Crippen molar-refractivity contribution in [2.75, 3.05) is 6.54 Å². The van der Waals surface area contributed by atoms with Crippen LogP contribution in [-0.2, 0) is 9.59 Å². The van der Waals surface area contributed by atoms with Gasteiger partial charge in [-0.3, -0.25) is 9.59 Å². The predicted octanol–water partition coefficient (Wildman–Crippen LogP) is 7.72. The van der Waals surface area contributed by atoms with E-state index in [9.17, 15) is 9.59 Å². The second-order valence-corrected chi connectivity index (χ2v) is 10.4. The summed E-state index contributed by atoms with van der Waals surface area (Å²) in [5.74, 6) is 1.99. The highest BCUT2D eigenvalue weighted by Crippen LogP contribution is 2.26. The standard InChI is InChI=1S/C10H22.C6H10O.C5H9NO.C5H12/c1-4-6-7-8-9-10(3)5-2;1-5(7)6-3-2-4-6;7-5-3-1-2-4-6-5;1-5(2,3)4/h10H,4-9H2,1-3H3;6H,2-4H2,1H3;1-4H2,(H,6,7);1-4H3. The molecule has 3 heteroatoms. The van der Waals surface area contributed by atoms with Crippen molar-refractivity contribution < 1.29 is 9.59 Å². The van der Waals surface area contributed by atoms with Crippen LogP contribution in [0.25, 0.3) is 0 Å². The Balaban J connectivity index is 0. The summed E-state index contributed by atoms with van der Waals surface area (Å²) in [6.45, 7) is 18.2. The Morgan fingerprint density at radius 1 is 1.03 bits per heavy atom. The molecule has 1 unspecified atom stereocenters. The smallest absolute Gasteiger partial charge is 0.219 e. The van der Waals surface area contributed by atoms with Crippen LogP contribution in [0.4, 0.5) is 0 Å². The molecule has 0 aromatic rings. The molecule has 29 heavy (non-hydrogen) atoms. The van der Waals surface area contributed by atoms with E-state index in [1.165, 1.54) is 44.9 Å². The van der Waals surface area contributed by atoms with Gasteiger partial charge in [-0.2, -0.15) is 0 Å². The van der Waals surface area contributed by atoms with Crippen LogP contribution in [-0.4, -0.2) is 18.2 Å². The maximum atomic E-state index is 10.4. The normalized spacial score (nSPS) is 17.0. The molecule has 1 aliphatic heterocycles. The Labute approximate surface area is 183 Å². The summed E-state index contributed by atoms with van der Waals surface area (Å²) in [5, 5.41) is 2.74. The van der Waals surface area contributed by atoms with Crippen molar-refractivity contribution in [2.24, 2.45) is 17.3 Å². The third-order valence-corrected chi connectivity index (χ3v) is 5.08. The lowest BCUT2D eigenvalue weighted by molar-refractivity contribution is -0.123. The number of piperidine rings is 1. The molecule has 0 aromatic heterocycles. The van der Waals surface area contributed by atoms with Gasteiger partial charge < -0.3 is 5.32 Å². The first-order valence-electron chi connectivity index (χ1n) is 12.3. The van der Waals surface area contributed by atoms with Crippen LogP contribution in [0.5, 0.6) is 0 Å². The molecule has 0 bridgehead atoms. The van der Waals surface area contributed by atoms with Gasteiger partial charge in [0.15, 0.2) is 0 Å². The molecule has 1 N–H and O–H groups in total. The maximum absolute atomic E-state index is 10.4. The van der Waals surface area contributed by atoms with E-state index >= 15 is 0 Å². The first-order valence-corrected chi connectivity index (χ1v) is 12.3. The lowest BCUT2D eigenvalue weighted by atomic mass is 9.83. The number of Topliss-reactive ketones (excluding diaryl/α,β-unsaturated/α-hetero) is 1. The topological polar surface area (TPSA) is 46.2 Å². The zero-order valence-corrected chi connectivity index (χ0v) is 21.2. The van der Waals surface area contributed by atoms with Crippen LogP contribution in [0.1, 0.15) is 132 Å². The van der Waals surface area contributed by atoms with Gasteiger partial charge in [-0.05, 0) is 43.9 Å². The van der Waals surface area contributed by atoms with E-state index in [4.69, 9.17) is 0 Å². The fraction of sp³-hybridized carbons (Fsp3) is 0.923. The number of ketones is 1. The summed E-state index contributed by atoms with van der Waals surface area (Å²) < 4.78 is 0. The van der Waals surface area contributed by atoms with Gasteiger partial charge in [-0.25, -0.2) is 0 Å². The molecule has 2 aliphatic rings. The van der Waals surface area contributed by atoms with Gasteiger partial charge in [0.25, 0.3) is 0 Å². The Bertz CT molecular complexity index is 378. The fourth-order valence-corrected chi connectivity index (χ4v) is 2.67. The molecule has 1 amide bonds. The minimum atomic E-state index is 0.214. The second-order valence-electron chi connectivity index (χ2n) is 10.4. The number of hydrogen-bond acceptors (Lipinski definition) is 2. The lowest BCUT2D eigenvalue weighted by Crippen LogP contribution is -2.28. The molecule has 3 nitrogen and oxygen atoms in total. The third-order valence-electron chi connectivity index (χ3n) is 5.08. The molecule has 2 fully saturated rings. The van der Waals surface area contributed by atoms with Crippen LogP contribution < -0.4 is 5.32 Å². The molecular weight excluding hydrogens is 358 g/mol. The molecule has 1 saturated carbocycles. The van der Waals surface area contributed by atoms with E-state index in [2.05, 4.69) is 53.8 Å². The van der Waals surface area contributed by atoms with E-state index in [0.29, 0.717) is 17.1 Å². The fourth-order valence-electron chi connectivity index (χ4n) is 2.67. The van der Waals surface area contributed by atoms with Crippen molar-refractivity contribution >= 4 is 11.7 Å². The Kier molecular flexibility index (Phi) is 20.0. The first-order chi connectivity index (χ1) is 13.5. The average molecular weight is 412 g/mol. The zero-order chi connectivity index (χ0) is 22.7. The van der Waals surface area contributed by atoms with Crippen LogP contribution in [0.15, 0.2) is 0 Å². The van der Waals surface area contributed by atoms with Crippen LogP contribution >= 0.6 is 0 Å². The van der Waals surface area contributed by atoms with E-state index in [0.717, 1.165) is 44.6 Å². The molecule has 0 radical (unpaired) electrons. The summed E-state index contributed by atoms with van der Waals surface area (Å²) in [4.78, 5) is 20.8. The molecule has 1 aliphatic carbocycles. The maximum Gasteiger partial charge on any atom is 0.219 e. The van der Waals surface area contributed by atoms with Gasteiger partial charge in [-0.15, -0.1) is 0 Å². The Morgan fingerprint density at radius 3 is 1.86 bits per heavy atom. The molecule has 1 atom stereocenters. The Morgan fingerprint density at radius 2 is 1.62 bits per heavy atom. The number of carbonyl (C=O) groups excluding carboxylic acids is 2. The van der Waals surface area contributed by atoms with E-state index in [-0.39, 0.29) is 5.91 Å². The molecule has 0 spiro atoms. The number of rotatable bonds is 7. The van der Waals surface area contributed by atoms with Gasteiger partial charge in [-0.1, -0.05) is 93.4 Å². The van der Waals surface area contributed by atoms with Crippen LogP contribution in [0.3, 0.4) is 0 Å². The predicted molar refractivity (Wildman–Crippen MR) is 128 cm³/mol. The SMILES string of the molecule is CC(=O)C1CCC1.CC(C)(C)C.CCCCCCC(C)CC.O=C1CCCCN1. The van der Waals surface area contributed by atoms with Crippen molar-refractivity contribution in [3.05, 3.63) is 0 Å². The van der Waals surface area contributed by atoms with Crippen molar-refractivity contribution in [2.45, 2.75) is 132 Å². The van der Waals surface area contributed by atoms with Crippen molar-refractivity contribution in [3.63, 3.8) is 0 Å². The van der Waals surface area contributed by atoms with E-state index in [1.54, 1.807) is 6.92 Å². The van der Waals surface area contributed by atoms with Crippen molar-refractivity contribution in [1.29, 1.82) is 0 Å². The van der Waals surface area contributed by atoms with Crippen molar-refractivity contribution in [1.82, 2.24) is 5.32 Å². The molecule has 1 saturated heterocycles. The molecule has 1 heterocycles. The minimum absolute atomic E-state index is 0.214. The van der Waals surface area contributed by atoms with Gasteiger partial charge in [0.1, 0.15) is 5.78 Å². The van der Waals surface area contributed by atoms with Crippen molar-refractivity contribution in [3.8, 4) is 0 Å². The molecule has 0 aromatic carbocycles. The number of hydrogen-bond donors (Lipinski definition) is 1. The summed E-state index contributed by atoms with van der Waals surface area (Å²) in [6.07, 6.45) is 15.0. The van der Waals surface area contributed by atoms with Gasteiger partial charge in [0.05, 0.1) is 0 Å². The number of nitrogens with one attached hydrogen (secondary N) is 1. The van der Waals surface area contributed by atoms with Crippen LogP contribution in [0.2, 0.25) is 0 Å². The van der Waals surface area contributed by atoms with Gasteiger partial charge in [0, 0.05) is 18.9 Å². The average Bonchev–Trinajstić information content (AvgIpc) is 2.57. The molecular formula is C26H53NO2. The first kappa shape index (κ1) is 30.3. The number of unbranched alkanes of at least 4 members (excludes halogenated alkanes) is 3. The van der Waals surface area contributed by atoms with Crippen LogP contribution in [0, 0.1) is 17.3 Å². The van der Waals surface area contributed by atoms with Gasteiger partial charge >= 0.3 is 0 Å². The number of amides is 1. The van der Waals surface area contributed by atoms with Gasteiger partial charge in [0.2, 0.25) is 5.91 Å². The van der Waals surface area contributed by atoms with E-state index in [1.807, 2.05) is 0 Å². The molecule has 2 rings (SSSR count). The Hall–Kier alpha value is -0.860. The second kappa shape index (κ2) is 19.1. The number of carbonyl (C=O) groups is 2. The summed E-state index contributed by atoms with van der Waals surface area (Å²) in [5.41, 5.74) is 0.500. The minimum Gasteiger partial charge on any atom is -0.356 e. The zero-order valence-electron chi connectivity index (χ0n) is 21.2. The highest BCUT2D eigenvalue weighted by atomic mass is 16.1. The highest BCUT2D eigenvalue weighted by molar-refractivity contribution is 5.78. The quantitative estimate of drug-likeness (QED) is 0.436. The largest absolute Gasteiger partial charge is 0.356 e. The monoisotopic (exact) mass is 411 g/mol. The van der Waals surface area contributed by atoms with E-state index < -0.39 is 0 Å². The third kappa shape index (κ3) is 27.1.